The summed E-state index contributed by atoms with van der Waals surface area (Å²) >= 11 is 0. The lowest BCUT2D eigenvalue weighted by Gasteiger charge is -2.22. The zero-order valence-corrected chi connectivity index (χ0v) is 10.5. The first-order valence-electron chi connectivity index (χ1n) is 7.20. The number of hydrogen-bond acceptors (Lipinski definition) is 2. The SMILES string of the molecule is O=C(NCC1(O)CCCC1)C1C2CCCCC21. The van der Waals surface area contributed by atoms with Crippen LogP contribution in [0, 0.1) is 17.8 Å². The topological polar surface area (TPSA) is 49.3 Å². The third-order valence-electron chi connectivity index (χ3n) is 5.09. The van der Waals surface area contributed by atoms with Crippen LogP contribution >= 0.6 is 0 Å². The van der Waals surface area contributed by atoms with Crippen molar-refractivity contribution in [3.8, 4) is 0 Å². The molecule has 3 heteroatoms. The minimum absolute atomic E-state index is 0.210. The van der Waals surface area contributed by atoms with Crippen LogP contribution in [0.3, 0.4) is 0 Å². The van der Waals surface area contributed by atoms with Crippen LogP contribution < -0.4 is 5.32 Å². The summed E-state index contributed by atoms with van der Waals surface area (Å²) in [7, 11) is 0. The van der Waals surface area contributed by atoms with Gasteiger partial charge in [0.1, 0.15) is 0 Å². The van der Waals surface area contributed by atoms with E-state index < -0.39 is 5.60 Å². The predicted molar refractivity (Wildman–Crippen MR) is 65.4 cm³/mol. The Labute approximate surface area is 103 Å². The van der Waals surface area contributed by atoms with Crippen LogP contribution in [0.15, 0.2) is 0 Å². The molecule has 0 bridgehead atoms. The van der Waals surface area contributed by atoms with Crippen molar-refractivity contribution in [1.82, 2.24) is 5.32 Å². The number of hydrogen-bond donors (Lipinski definition) is 2. The average molecular weight is 237 g/mol. The van der Waals surface area contributed by atoms with Crippen LogP contribution in [-0.4, -0.2) is 23.2 Å². The number of amides is 1. The van der Waals surface area contributed by atoms with E-state index in [1.165, 1.54) is 25.7 Å². The molecule has 0 spiro atoms. The van der Waals surface area contributed by atoms with Gasteiger partial charge >= 0.3 is 0 Å². The first-order chi connectivity index (χ1) is 8.20. The maximum atomic E-state index is 12.0. The van der Waals surface area contributed by atoms with Crippen molar-refractivity contribution in [1.29, 1.82) is 0 Å². The Morgan fingerprint density at radius 3 is 2.29 bits per heavy atom. The maximum Gasteiger partial charge on any atom is 0.223 e. The third-order valence-corrected chi connectivity index (χ3v) is 5.09. The van der Waals surface area contributed by atoms with Crippen LogP contribution in [0.2, 0.25) is 0 Å². The molecule has 0 aromatic carbocycles. The lowest BCUT2D eigenvalue weighted by atomic mass is 10.0. The number of nitrogens with one attached hydrogen (secondary N) is 1. The average Bonchev–Trinajstić information content (AvgIpc) is 2.92. The highest BCUT2D eigenvalue weighted by Crippen LogP contribution is 2.55. The molecular weight excluding hydrogens is 214 g/mol. The van der Waals surface area contributed by atoms with Gasteiger partial charge in [-0.15, -0.1) is 0 Å². The van der Waals surface area contributed by atoms with Gasteiger partial charge in [-0.1, -0.05) is 25.7 Å². The summed E-state index contributed by atoms with van der Waals surface area (Å²) in [6.07, 6.45) is 8.99. The molecule has 3 rings (SSSR count). The Kier molecular flexibility index (Phi) is 2.89. The van der Waals surface area contributed by atoms with Crippen LogP contribution in [0.25, 0.3) is 0 Å². The van der Waals surface area contributed by atoms with E-state index in [0.29, 0.717) is 18.4 Å². The van der Waals surface area contributed by atoms with Crippen molar-refractivity contribution < 1.29 is 9.90 Å². The smallest absolute Gasteiger partial charge is 0.223 e. The Morgan fingerprint density at radius 1 is 1.12 bits per heavy atom. The van der Waals surface area contributed by atoms with Crippen LogP contribution in [0.4, 0.5) is 0 Å². The van der Waals surface area contributed by atoms with Gasteiger partial charge in [-0.25, -0.2) is 0 Å². The normalized spacial score (nSPS) is 38.5. The summed E-state index contributed by atoms with van der Waals surface area (Å²) in [5.41, 5.74) is -0.601. The van der Waals surface area contributed by atoms with Crippen LogP contribution in [0.1, 0.15) is 51.4 Å². The number of carbonyl (C=O) groups is 1. The van der Waals surface area contributed by atoms with Gasteiger partial charge in [0.25, 0.3) is 0 Å². The molecule has 17 heavy (non-hydrogen) atoms. The highest BCUT2D eigenvalue weighted by Gasteiger charge is 2.54. The van der Waals surface area contributed by atoms with Gasteiger partial charge < -0.3 is 10.4 Å². The van der Waals surface area contributed by atoms with Crippen molar-refractivity contribution in [2.45, 2.75) is 57.0 Å². The molecular formula is C14H23NO2. The van der Waals surface area contributed by atoms with Gasteiger partial charge in [0.05, 0.1) is 5.60 Å². The van der Waals surface area contributed by atoms with E-state index in [1.807, 2.05) is 0 Å². The summed E-state index contributed by atoms with van der Waals surface area (Å²) in [4.78, 5) is 12.0. The second kappa shape index (κ2) is 4.27. The van der Waals surface area contributed by atoms with E-state index in [-0.39, 0.29) is 11.8 Å². The van der Waals surface area contributed by atoms with E-state index in [0.717, 1.165) is 25.7 Å². The summed E-state index contributed by atoms with van der Waals surface area (Å²) in [5, 5.41) is 13.2. The molecule has 1 amide bonds. The summed E-state index contributed by atoms with van der Waals surface area (Å²) in [6, 6.07) is 0. The van der Waals surface area contributed by atoms with E-state index >= 15 is 0 Å². The van der Waals surface area contributed by atoms with Crippen molar-refractivity contribution >= 4 is 5.91 Å². The van der Waals surface area contributed by atoms with Gasteiger partial charge in [-0.3, -0.25) is 4.79 Å². The fourth-order valence-electron chi connectivity index (χ4n) is 3.96. The van der Waals surface area contributed by atoms with Crippen LogP contribution in [-0.2, 0) is 4.79 Å². The van der Waals surface area contributed by atoms with Gasteiger partial charge in [0, 0.05) is 12.5 Å². The molecule has 3 aliphatic rings. The lowest BCUT2D eigenvalue weighted by molar-refractivity contribution is -0.124. The highest BCUT2D eigenvalue weighted by atomic mass is 16.3. The minimum Gasteiger partial charge on any atom is -0.388 e. The fourth-order valence-corrected chi connectivity index (χ4v) is 3.96. The molecule has 3 nitrogen and oxygen atoms in total. The summed E-state index contributed by atoms with van der Waals surface area (Å²) in [5.74, 6) is 1.83. The molecule has 0 aromatic rings. The number of fused-ring (bicyclic) bond motifs is 1. The zero-order valence-electron chi connectivity index (χ0n) is 10.5. The van der Waals surface area contributed by atoms with Gasteiger partial charge in [0.2, 0.25) is 5.91 Å². The number of carbonyl (C=O) groups excluding carboxylic acids is 1. The van der Waals surface area contributed by atoms with E-state index in [1.54, 1.807) is 0 Å². The van der Waals surface area contributed by atoms with E-state index in [4.69, 9.17) is 0 Å². The quantitative estimate of drug-likeness (QED) is 0.787. The first-order valence-corrected chi connectivity index (χ1v) is 7.20. The number of rotatable bonds is 3. The Hall–Kier alpha value is -0.570. The largest absolute Gasteiger partial charge is 0.388 e. The Morgan fingerprint density at radius 2 is 1.71 bits per heavy atom. The second-order valence-electron chi connectivity index (χ2n) is 6.29. The van der Waals surface area contributed by atoms with Crippen molar-refractivity contribution in [3.05, 3.63) is 0 Å². The van der Waals surface area contributed by atoms with Gasteiger partial charge in [-0.2, -0.15) is 0 Å². The van der Waals surface area contributed by atoms with Crippen molar-refractivity contribution in [3.63, 3.8) is 0 Å². The van der Waals surface area contributed by atoms with Gasteiger partial charge in [0.15, 0.2) is 0 Å². The molecule has 3 saturated carbocycles. The van der Waals surface area contributed by atoms with Crippen molar-refractivity contribution in [2.75, 3.05) is 6.54 Å². The number of aliphatic hydroxyl groups is 1. The first kappa shape index (κ1) is 11.5. The molecule has 3 aliphatic carbocycles. The second-order valence-corrected chi connectivity index (χ2v) is 6.29. The lowest BCUT2D eigenvalue weighted by Crippen LogP contribution is -2.41. The molecule has 0 saturated heterocycles. The molecule has 2 atom stereocenters. The fraction of sp³-hybridized carbons (Fsp3) is 0.929. The minimum atomic E-state index is -0.601. The maximum absolute atomic E-state index is 12.0. The Bertz CT molecular complexity index is 297. The van der Waals surface area contributed by atoms with Gasteiger partial charge in [-0.05, 0) is 37.5 Å². The molecule has 3 fully saturated rings. The summed E-state index contributed by atoms with van der Waals surface area (Å²) in [6.45, 7) is 0.474. The Balaban J connectivity index is 1.48. The predicted octanol–water partition coefficient (Wildman–Crippen LogP) is 1.84. The van der Waals surface area contributed by atoms with Crippen molar-refractivity contribution in [2.24, 2.45) is 17.8 Å². The zero-order chi connectivity index (χ0) is 11.9. The summed E-state index contributed by atoms with van der Waals surface area (Å²) < 4.78 is 0. The molecule has 0 heterocycles. The van der Waals surface area contributed by atoms with E-state index in [9.17, 15) is 9.90 Å². The standard InChI is InChI=1S/C14H23NO2/c16-13(12-10-5-1-2-6-11(10)12)15-9-14(17)7-3-4-8-14/h10-12,17H,1-9H2,(H,15,16). The van der Waals surface area contributed by atoms with Crippen LogP contribution in [0.5, 0.6) is 0 Å². The third kappa shape index (κ3) is 2.22. The molecule has 0 aliphatic heterocycles. The molecule has 0 radical (unpaired) electrons. The van der Waals surface area contributed by atoms with E-state index in [2.05, 4.69) is 5.32 Å². The molecule has 0 aromatic heterocycles. The molecule has 2 unspecified atom stereocenters. The molecule has 96 valence electrons. The monoisotopic (exact) mass is 237 g/mol. The molecule has 2 N–H and O–H groups in total. The highest BCUT2D eigenvalue weighted by molar-refractivity contribution is 5.82.